The molecule has 5 heteroatoms. The Hall–Kier alpha value is -2.33. The SMILES string of the molecule is CCCCOc1ccc(Cl)cc1/C=N/NC(=O)c1ccccc1. The van der Waals surface area contributed by atoms with Crippen molar-refractivity contribution in [3.05, 3.63) is 64.7 Å². The summed E-state index contributed by atoms with van der Waals surface area (Å²) in [7, 11) is 0. The molecule has 1 N–H and O–H groups in total. The zero-order valence-electron chi connectivity index (χ0n) is 13.0. The van der Waals surface area contributed by atoms with Crippen molar-refractivity contribution in [1.29, 1.82) is 0 Å². The topological polar surface area (TPSA) is 50.7 Å². The molecule has 0 fully saturated rings. The maximum absolute atomic E-state index is 11.9. The van der Waals surface area contributed by atoms with Crippen LogP contribution in [-0.2, 0) is 0 Å². The van der Waals surface area contributed by atoms with Crippen molar-refractivity contribution in [2.24, 2.45) is 5.10 Å². The van der Waals surface area contributed by atoms with Crippen LogP contribution in [0.15, 0.2) is 53.6 Å². The third-order valence-corrected chi connectivity index (χ3v) is 3.37. The van der Waals surface area contributed by atoms with E-state index in [-0.39, 0.29) is 5.91 Å². The molecule has 0 unspecified atom stereocenters. The number of amides is 1. The quantitative estimate of drug-likeness (QED) is 0.468. The minimum absolute atomic E-state index is 0.266. The first-order valence-electron chi connectivity index (χ1n) is 7.51. The van der Waals surface area contributed by atoms with Crippen LogP contribution in [0.5, 0.6) is 5.75 Å². The van der Waals surface area contributed by atoms with Gasteiger partial charge in [-0.05, 0) is 36.8 Å². The van der Waals surface area contributed by atoms with Crippen LogP contribution in [0.25, 0.3) is 0 Å². The van der Waals surface area contributed by atoms with Gasteiger partial charge in [-0.25, -0.2) is 5.43 Å². The minimum Gasteiger partial charge on any atom is -0.493 e. The Morgan fingerprint density at radius 3 is 2.78 bits per heavy atom. The highest BCUT2D eigenvalue weighted by Gasteiger charge is 2.04. The van der Waals surface area contributed by atoms with Crippen LogP contribution >= 0.6 is 11.6 Å². The zero-order valence-corrected chi connectivity index (χ0v) is 13.7. The van der Waals surface area contributed by atoms with Crippen molar-refractivity contribution in [3.8, 4) is 5.75 Å². The fraction of sp³-hybridized carbons (Fsp3) is 0.222. The van der Waals surface area contributed by atoms with Crippen molar-refractivity contribution in [2.75, 3.05) is 6.61 Å². The second-order valence-electron chi connectivity index (χ2n) is 4.95. The molecular weight excluding hydrogens is 312 g/mol. The van der Waals surface area contributed by atoms with Gasteiger partial charge in [0, 0.05) is 16.1 Å². The number of nitrogens with zero attached hydrogens (tertiary/aromatic N) is 1. The van der Waals surface area contributed by atoms with Gasteiger partial charge in [0.05, 0.1) is 12.8 Å². The molecule has 0 aromatic heterocycles. The van der Waals surface area contributed by atoms with E-state index in [1.54, 1.807) is 42.5 Å². The second kappa shape index (κ2) is 8.96. The van der Waals surface area contributed by atoms with Crippen LogP contribution < -0.4 is 10.2 Å². The van der Waals surface area contributed by atoms with Gasteiger partial charge in [0.2, 0.25) is 0 Å². The third-order valence-electron chi connectivity index (χ3n) is 3.13. The molecule has 0 aliphatic carbocycles. The average Bonchev–Trinajstić information content (AvgIpc) is 2.57. The van der Waals surface area contributed by atoms with E-state index < -0.39 is 0 Å². The summed E-state index contributed by atoms with van der Waals surface area (Å²) in [6.45, 7) is 2.74. The molecule has 2 rings (SSSR count). The molecule has 2 aromatic rings. The summed E-state index contributed by atoms with van der Waals surface area (Å²) in [5.41, 5.74) is 3.77. The first kappa shape index (κ1) is 17.0. The van der Waals surface area contributed by atoms with E-state index in [1.807, 2.05) is 6.07 Å². The highest BCUT2D eigenvalue weighted by molar-refractivity contribution is 6.30. The van der Waals surface area contributed by atoms with E-state index in [2.05, 4.69) is 17.5 Å². The molecule has 0 radical (unpaired) electrons. The van der Waals surface area contributed by atoms with Crippen molar-refractivity contribution in [1.82, 2.24) is 5.43 Å². The fourth-order valence-electron chi connectivity index (χ4n) is 1.89. The molecule has 0 atom stereocenters. The normalized spacial score (nSPS) is 10.7. The Morgan fingerprint density at radius 2 is 2.04 bits per heavy atom. The van der Waals surface area contributed by atoms with Gasteiger partial charge in [-0.15, -0.1) is 0 Å². The number of ether oxygens (including phenoxy) is 1. The monoisotopic (exact) mass is 330 g/mol. The van der Waals surface area contributed by atoms with E-state index in [1.165, 1.54) is 6.21 Å². The summed E-state index contributed by atoms with van der Waals surface area (Å²) in [4.78, 5) is 11.9. The number of hydrogen-bond donors (Lipinski definition) is 1. The molecule has 0 bridgehead atoms. The standard InChI is InChI=1S/C18H19ClN2O2/c1-2-3-11-23-17-10-9-16(19)12-15(17)13-20-21-18(22)14-7-5-4-6-8-14/h4-10,12-13H,2-3,11H2,1H3,(H,21,22)/b20-13+. The molecule has 0 aliphatic heterocycles. The number of halogens is 1. The van der Waals surface area contributed by atoms with Gasteiger partial charge in [0.1, 0.15) is 5.75 Å². The lowest BCUT2D eigenvalue weighted by Crippen LogP contribution is -2.17. The van der Waals surface area contributed by atoms with E-state index in [9.17, 15) is 4.79 Å². The summed E-state index contributed by atoms with van der Waals surface area (Å²) in [6, 6.07) is 14.2. The van der Waals surface area contributed by atoms with Crippen molar-refractivity contribution < 1.29 is 9.53 Å². The van der Waals surface area contributed by atoms with Crippen molar-refractivity contribution in [2.45, 2.75) is 19.8 Å². The Balaban J connectivity index is 2.03. The molecule has 120 valence electrons. The van der Waals surface area contributed by atoms with E-state index >= 15 is 0 Å². The summed E-state index contributed by atoms with van der Waals surface area (Å²) in [5.74, 6) is 0.429. The number of benzene rings is 2. The van der Waals surface area contributed by atoms with Gasteiger partial charge >= 0.3 is 0 Å². The highest BCUT2D eigenvalue weighted by Crippen LogP contribution is 2.21. The Kier molecular flexibility index (Phi) is 6.63. The van der Waals surface area contributed by atoms with Crippen LogP contribution in [0.3, 0.4) is 0 Å². The van der Waals surface area contributed by atoms with Crippen LogP contribution in [0.1, 0.15) is 35.7 Å². The first-order valence-corrected chi connectivity index (χ1v) is 7.89. The first-order chi connectivity index (χ1) is 11.2. The molecule has 0 heterocycles. The van der Waals surface area contributed by atoms with Crippen molar-refractivity contribution in [3.63, 3.8) is 0 Å². The Morgan fingerprint density at radius 1 is 1.26 bits per heavy atom. The predicted octanol–water partition coefficient (Wildman–Crippen LogP) is 4.28. The smallest absolute Gasteiger partial charge is 0.271 e. The zero-order chi connectivity index (χ0) is 16.5. The number of unbranched alkanes of at least 4 members (excludes halogenated alkanes) is 1. The number of nitrogens with one attached hydrogen (secondary N) is 1. The lowest BCUT2D eigenvalue weighted by Gasteiger charge is -2.08. The molecule has 4 nitrogen and oxygen atoms in total. The number of hydrazone groups is 1. The summed E-state index contributed by atoms with van der Waals surface area (Å²) < 4.78 is 5.71. The molecule has 23 heavy (non-hydrogen) atoms. The highest BCUT2D eigenvalue weighted by atomic mass is 35.5. The number of hydrogen-bond acceptors (Lipinski definition) is 3. The minimum atomic E-state index is -0.266. The maximum atomic E-state index is 11.9. The molecular formula is C18H19ClN2O2. The van der Waals surface area contributed by atoms with Crippen LogP contribution in [0.2, 0.25) is 5.02 Å². The van der Waals surface area contributed by atoms with E-state index in [4.69, 9.17) is 16.3 Å². The summed E-state index contributed by atoms with van der Waals surface area (Å²) >= 11 is 6.01. The van der Waals surface area contributed by atoms with Gasteiger partial charge in [-0.1, -0.05) is 43.1 Å². The fourth-order valence-corrected chi connectivity index (χ4v) is 2.07. The van der Waals surface area contributed by atoms with Gasteiger partial charge in [0.25, 0.3) is 5.91 Å². The van der Waals surface area contributed by atoms with Gasteiger partial charge in [-0.2, -0.15) is 5.10 Å². The number of rotatable bonds is 7. The summed E-state index contributed by atoms with van der Waals surface area (Å²) in [6.07, 6.45) is 3.57. The maximum Gasteiger partial charge on any atom is 0.271 e. The van der Waals surface area contributed by atoms with E-state index in [0.717, 1.165) is 18.4 Å². The Bertz CT molecular complexity index is 672. The molecule has 0 aliphatic rings. The van der Waals surface area contributed by atoms with Crippen LogP contribution in [0, 0.1) is 0 Å². The number of carbonyl (C=O) groups excluding carboxylic acids is 1. The predicted molar refractivity (Wildman–Crippen MR) is 93.4 cm³/mol. The van der Waals surface area contributed by atoms with Crippen molar-refractivity contribution >= 4 is 23.7 Å². The lowest BCUT2D eigenvalue weighted by atomic mass is 10.2. The molecule has 0 spiro atoms. The molecule has 0 saturated carbocycles. The lowest BCUT2D eigenvalue weighted by molar-refractivity contribution is 0.0955. The summed E-state index contributed by atoms with van der Waals surface area (Å²) in [5, 5.41) is 4.57. The van der Waals surface area contributed by atoms with Crippen LogP contribution in [-0.4, -0.2) is 18.7 Å². The molecule has 1 amide bonds. The molecule has 0 saturated heterocycles. The number of carbonyl (C=O) groups is 1. The van der Waals surface area contributed by atoms with Gasteiger partial charge in [0.15, 0.2) is 0 Å². The second-order valence-corrected chi connectivity index (χ2v) is 5.39. The van der Waals surface area contributed by atoms with Gasteiger partial charge in [-0.3, -0.25) is 4.79 Å². The molecule has 2 aromatic carbocycles. The third kappa shape index (κ3) is 5.42. The average molecular weight is 331 g/mol. The van der Waals surface area contributed by atoms with Crippen LogP contribution in [0.4, 0.5) is 0 Å². The largest absolute Gasteiger partial charge is 0.493 e. The Labute approximate surface area is 141 Å². The van der Waals surface area contributed by atoms with E-state index in [0.29, 0.717) is 22.9 Å². The van der Waals surface area contributed by atoms with Gasteiger partial charge < -0.3 is 4.74 Å².